The summed E-state index contributed by atoms with van der Waals surface area (Å²) in [6.45, 7) is 0.186. The Balaban J connectivity index is 1.38. The van der Waals surface area contributed by atoms with E-state index >= 15 is 0 Å². The first-order chi connectivity index (χ1) is 14.9. The maximum Gasteiger partial charge on any atom is 0.338 e. The summed E-state index contributed by atoms with van der Waals surface area (Å²) in [5.41, 5.74) is 2.28. The number of carbonyl (C=O) groups is 2. The van der Waals surface area contributed by atoms with Crippen LogP contribution in [0.1, 0.15) is 21.5 Å². The number of benzene rings is 2. The van der Waals surface area contributed by atoms with E-state index in [0.29, 0.717) is 19.5 Å². The highest BCUT2D eigenvalue weighted by atomic mass is 32.2. The van der Waals surface area contributed by atoms with Crippen molar-refractivity contribution in [3.05, 3.63) is 77.6 Å². The molecule has 0 saturated heterocycles. The number of nitrogens with zero attached hydrogens (tertiary/aromatic N) is 2. The third-order valence-electron chi connectivity index (χ3n) is 4.86. The number of fused-ring (bicyclic) bond motifs is 1. The number of nitrogens with one attached hydrogen (secondary N) is 1. The molecule has 2 heterocycles. The van der Waals surface area contributed by atoms with E-state index in [1.807, 2.05) is 24.3 Å². The van der Waals surface area contributed by atoms with E-state index in [2.05, 4.69) is 15.0 Å². The molecule has 3 aromatic rings. The number of aromatic nitrogens is 1. The van der Waals surface area contributed by atoms with Crippen molar-refractivity contribution in [1.29, 1.82) is 0 Å². The van der Waals surface area contributed by atoms with Gasteiger partial charge < -0.3 is 14.6 Å². The van der Waals surface area contributed by atoms with Crippen LogP contribution in [0.15, 0.2) is 70.3 Å². The lowest BCUT2D eigenvalue weighted by Crippen LogP contribution is -2.35. The summed E-state index contributed by atoms with van der Waals surface area (Å²) < 4.78 is 36.9. The average Bonchev–Trinajstić information content (AvgIpc) is 3.30. The fourth-order valence-electron chi connectivity index (χ4n) is 3.26. The molecule has 0 radical (unpaired) electrons. The van der Waals surface area contributed by atoms with Crippen molar-refractivity contribution in [2.75, 3.05) is 18.5 Å². The normalized spacial score (nSPS) is 13.9. The molecule has 1 aliphatic heterocycles. The SMILES string of the molecule is O=C(COC(=O)c1ccc(S(=O)(=O)N2CCc3ccccc3C2)cc1)Nc1ccon1. The number of amides is 1. The molecule has 0 spiro atoms. The van der Waals surface area contributed by atoms with E-state index < -0.39 is 28.5 Å². The van der Waals surface area contributed by atoms with Crippen molar-refractivity contribution in [1.82, 2.24) is 9.46 Å². The van der Waals surface area contributed by atoms with Crippen molar-refractivity contribution in [2.24, 2.45) is 0 Å². The van der Waals surface area contributed by atoms with Gasteiger partial charge in [-0.2, -0.15) is 4.31 Å². The molecule has 0 aliphatic carbocycles. The highest BCUT2D eigenvalue weighted by Crippen LogP contribution is 2.25. The largest absolute Gasteiger partial charge is 0.452 e. The van der Waals surface area contributed by atoms with Crippen molar-refractivity contribution >= 4 is 27.7 Å². The van der Waals surface area contributed by atoms with Crippen LogP contribution in [0.25, 0.3) is 0 Å². The molecule has 0 unspecified atom stereocenters. The Bertz CT molecular complexity index is 1190. The number of rotatable bonds is 6. The lowest BCUT2D eigenvalue weighted by atomic mass is 10.0. The van der Waals surface area contributed by atoms with Crippen molar-refractivity contribution < 1.29 is 27.3 Å². The smallest absolute Gasteiger partial charge is 0.338 e. The average molecular weight is 441 g/mol. The number of anilines is 1. The van der Waals surface area contributed by atoms with Gasteiger partial charge in [-0.1, -0.05) is 29.4 Å². The van der Waals surface area contributed by atoms with Crippen LogP contribution >= 0.6 is 0 Å². The van der Waals surface area contributed by atoms with Crippen molar-refractivity contribution in [2.45, 2.75) is 17.9 Å². The van der Waals surface area contributed by atoms with Gasteiger partial charge in [0.15, 0.2) is 12.4 Å². The number of hydrogen-bond donors (Lipinski definition) is 1. The Kier molecular flexibility index (Phi) is 5.83. The van der Waals surface area contributed by atoms with Gasteiger partial charge in [0, 0.05) is 19.2 Å². The van der Waals surface area contributed by atoms with Crippen molar-refractivity contribution in [3.63, 3.8) is 0 Å². The summed E-state index contributed by atoms with van der Waals surface area (Å²) in [5.74, 6) is -1.12. The Morgan fingerprint density at radius 2 is 1.81 bits per heavy atom. The third kappa shape index (κ3) is 4.65. The quantitative estimate of drug-likeness (QED) is 0.583. The van der Waals surface area contributed by atoms with Crippen LogP contribution in [0, 0.1) is 0 Å². The van der Waals surface area contributed by atoms with E-state index in [-0.39, 0.29) is 16.3 Å². The minimum absolute atomic E-state index is 0.0900. The van der Waals surface area contributed by atoms with Crippen LogP contribution in [0.2, 0.25) is 0 Å². The van der Waals surface area contributed by atoms with Gasteiger partial charge in [0.1, 0.15) is 6.26 Å². The molecular formula is C21H19N3O6S. The van der Waals surface area contributed by atoms with Gasteiger partial charge in [0.25, 0.3) is 5.91 Å². The molecule has 0 saturated carbocycles. The first kappa shape index (κ1) is 20.8. The Labute approximate surface area is 178 Å². The minimum atomic E-state index is -3.70. The summed E-state index contributed by atoms with van der Waals surface area (Å²) in [7, 11) is -3.70. The van der Waals surface area contributed by atoms with Gasteiger partial charge in [-0.25, -0.2) is 13.2 Å². The zero-order valence-electron chi connectivity index (χ0n) is 16.4. The minimum Gasteiger partial charge on any atom is -0.452 e. The summed E-state index contributed by atoms with van der Waals surface area (Å²) in [6, 6.07) is 14.7. The van der Waals surface area contributed by atoms with Crippen LogP contribution in [0.5, 0.6) is 0 Å². The number of hydrogen-bond acceptors (Lipinski definition) is 7. The fraction of sp³-hybridized carbons (Fsp3) is 0.190. The number of sulfonamides is 1. The summed E-state index contributed by atoms with van der Waals surface area (Å²) in [4.78, 5) is 24.0. The van der Waals surface area contributed by atoms with Crippen LogP contribution in [0.3, 0.4) is 0 Å². The Morgan fingerprint density at radius 3 is 2.52 bits per heavy atom. The van der Waals surface area contributed by atoms with Crippen LogP contribution < -0.4 is 5.32 Å². The molecule has 0 bridgehead atoms. The molecule has 1 N–H and O–H groups in total. The van der Waals surface area contributed by atoms with Crippen LogP contribution in [-0.4, -0.2) is 42.9 Å². The summed E-state index contributed by atoms with van der Waals surface area (Å²) in [5, 5.41) is 5.91. The van der Waals surface area contributed by atoms with E-state index in [0.717, 1.165) is 11.1 Å². The second-order valence-corrected chi connectivity index (χ2v) is 8.83. The number of ether oxygens (including phenoxy) is 1. The molecule has 160 valence electrons. The van der Waals surface area contributed by atoms with E-state index in [1.165, 1.54) is 40.9 Å². The zero-order chi connectivity index (χ0) is 21.8. The maximum atomic E-state index is 13.0. The first-order valence-corrected chi connectivity index (χ1v) is 10.9. The number of esters is 1. The molecule has 1 aromatic heterocycles. The second-order valence-electron chi connectivity index (χ2n) is 6.89. The summed E-state index contributed by atoms with van der Waals surface area (Å²) in [6.07, 6.45) is 1.94. The second kappa shape index (κ2) is 8.70. The zero-order valence-corrected chi connectivity index (χ0v) is 17.2. The van der Waals surface area contributed by atoms with E-state index in [1.54, 1.807) is 0 Å². The van der Waals surface area contributed by atoms with Crippen LogP contribution in [0.4, 0.5) is 5.82 Å². The predicted octanol–water partition coefficient (Wildman–Crippen LogP) is 2.22. The molecule has 0 fully saturated rings. The number of carbonyl (C=O) groups excluding carboxylic acids is 2. The van der Waals surface area contributed by atoms with Gasteiger partial charge in [-0.05, 0) is 41.8 Å². The van der Waals surface area contributed by atoms with Gasteiger partial charge in [0.05, 0.1) is 10.5 Å². The Morgan fingerprint density at radius 1 is 1.06 bits per heavy atom. The van der Waals surface area contributed by atoms with Gasteiger partial charge in [-0.3, -0.25) is 4.79 Å². The molecule has 10 heteroatoms. The predicted molar refractivity (Wildman–Crippen MR) is 110 cm³/mol. The molecule has 2 aromatic carbocycles. The van der Waals surface area contributed by atoms with Gasteiger partial charge in [-0.15, -0.1) is 0 Å². The third-order valence-corrected chi connectivity index (χ3v) is 6.72. The van der Waals surface area contributed by atoms with E-state index in [9.17, 15) is 18.0 Å². The molecule has 1 amide bonds. The van der Waals surface area contributed by atoms with E-state index in [4.69, 9.17) is 4.74 Å². The van der Waals surface area contributed by atoms with Crippen molar-refractivity contribution in [3.8, 4) is 0 Å². The lowest BCUT2D eigenvalue weighted by Gasteiger charge is -2.28. The molecule has 9 nitrogen and oxygen atoms in total. The Hall–Kier alpha value is -3.50. The standard InChI is InChI=1S/C21H19N3O6S/c25-20(22-19-10-12-30-23-19)14-29-21(26)16-5-7-18(8-6-16)31(27,28)24-11-9-15-3-1-2-4-17(15)13-24/h1-8,10,12H,9,11,13-14H2,(H,22,23,25). The van der Waals surface area contributed by atoms with Gasteiger partial charge in [0.2, 0.25) is 10.0 Å². The lowest BCUT2D eigenvalue weighted by molar-refractivity contribution is -0.119. The van der Waals surface area contributed by atoms with Gasteiger partial charge >= 0.3 is 5.97 Å². The molecule has 0 atom stereocenters. The highest BCUT2D eigenvalue weighted by molar-refractivity contribution is 7.89. The highest BCUT2D eigenvalue weighted by Gasteiger charge is 2.28. The summed E-state index contributed by atoms with van der Waals surface area (Å²) >= 11 is 0. The molecule has 4 rings (SSSR count). The monoisotopic (exact) mass is 441 g/mol. The molecular weight excluding hydrogens is 422 g/mol. The fourth-order valence-corrected chi connectivity index (χ4v) is 4.68. The maximum absolute atomic E-state index is 13.0. The van der Waals surface area contributed by atoms with Crippen LogP contribution in [-0.2, 0) is 32.5 Å². The topological polar surface area (TPSA) is 119 Å². The molecule has 31 heavy (non-hydrogen) atoms. The molecule has 1 aliphatic rings. The first-order valence-electron chi connectivity index (χ1n) is 9.48.